The van der Waals surface area contributed by atoms with E-state index in [1.54, 1.807) is 24.3 Å². The van der Waals surface area contributed by atoms with Crippen LogP contribution in [0.4, 0.5) is 11.4 Å². The predicted molar refractivity (Wildman–Crippen MR) is 81.9 cm³/mol. The van der Waals surface area contributed by atoms with Crippen LogP contribution in [0.15, 0.2) is 42.5 Å². The lowest BCUT2D eigenvalue weighted by atomic mass is 10.1. The van der Waals surface area contributed by atoms with Gasteiger partial charge in [0.25, 0.3) is 5.69 Å². The fourth-order valence-corrected chi connectivity index (χ4v) is 2.14. The average molecular weight is 325 g/mol. The topological polar surface area (TPSA) is 72.2 Å². The Morgan fingerprint density at radius 2 is 1.86 bits per heavy atom. The van der Waals surface area contributed by atoms with Crippen molar-refractivity contribution in [2.75, 3.05) is 5.32 Å². The summed E-state index contributed by atoms with van der Waals surface area (Å²) in [4.78, 5) is 22.1. The number of anilines is 1. The fraction of sp³-hybridized carbons (Fsp3) is 0.0714. The van der Waals surface area contributed by atoms with Crippen LogP contribution in [0.5, 0.6) is 0 Å². The highest BCUT2D eigenvalue weighted by atomic mass is 35.5. The number of hydrogen-bond acceptors (Lipinski definition) is 3. The Kier molecular flexibility index (Phi) is 4.77. The lowest BCUT2D eigenvalue weighted by molar-refractivity contribution is -0.384. The van der Waals surface area contributed by atoms with Gasteiger partial charge in [0, 0.05) is 16.8 Å². The highest BCUT2D eigenvalue weighted by Gasteiger charge is 2.14. The van der Waals surface area contributed by atoms with Crippen molar-refractivity contribution in [3.63, 3.8) is 0 Å². The smallest absolute Gasteiger partial charge is 0.289 e. The Morgan fingerprint density at radius 1 is 1.14 bits per heavy atom. The second-order valence-electron chi connectivity index (χ2n) is 4.24. The number of nitro benzene ring substituents is 1. The van der Waals surface area contributed by atoms with Crippen molar-refractivity contribution in [3.05, 3.63) is 68.2 Å². The summed E-state index contributed by atoms with van der Waals surface area (Å²) in [5.74, 6) is -0.320. The molecular weight excluding hydrogens is 315 g/mol. The summed E-state index contributed by atoms with van der Waals surface area (Å²) >= 11 is 11.7. The molecule has 0 bridgehead atoms. The van der Waals surface area contributed by atoms with Gasteiger partial charge in [-0.2, -0.15) is 0 Å². The summed E-state index contributed by atoms with van der Waals surface area (Å²) in [6.07, 6.45) is 0.0795. The zero-order valence-corrected chi connectivity index (χ0v) is 12.2. The molecule has 1 N–H and O–H groups in total. The molecule has 0 aliphatic heterocycles. The highest BCUT2D eigenvalue weighted by molar-refractivity contribution is 6.32. The molecule has 0 radical (unpaired) electrons. The molecule has 5 nitrogen and oxygen atoms in total. The van der Waals surface area contributed by atoms with Crippen LogP contribution in [-0.4, -0.2) is 10.8 Å². The third-order valence-electron chi connectivity index (χ3n) is 2.74. The first-order valence-corrected chi connectivity index (χ1v) is 6.70. The van der Waals surface area contributed by atoms with Gasteiger partial charge in [0.2, 0.25) is 5.91 Å². The molecule has 2 aromatic rings. The Labute approximate surface area is 130 Å². The van der Waals surface area contributed by atoms with Gasteiger partial charge >= 0.3 is 0 Å². The fourth-order valence-electron chi connectivity index (χ4n) is 1.75. The van der Waals surface area contributed by atoms with E-state index >= 15 is 0 Å². The lowest BCUT2D eigenvalue weighted by Crippen LogP contribution is -2.14. The van der Waals surface area contributed by atoms with Crippen molar-refractivity contribution in [3.8, 4) is 0 Å². The van der Waals surface area contributed by atoms with Crippen molar-refractivity contribution >= 4 is 40.5 Å². The van der Waals surface area contributed by atoms with Gasteiger partial charge in [-0.05, 0) is 23.8 Å². The van der Waals surface area contributed by atoms with Gasteiger partial charge in [0.05, 0.1) is 11.3 Å². The number of hydrogen-bond donors (Lipinski definition) is 1. The van der Waals surface area contributed by atoms with Crippen molar-refractivity contribution < 1.29 is 9.72 Å². The molecule has 2 aromatic carbocycles. The third-order valence-corrected chi connectivity index (χ3v) is 3.42. The summed E-state index contributed by atoms with van der Waals surface area (Å²) in [5, 5.41) is 13.9. The summed E-state index contributed by atoms with van der Waals surface area (Å²) in [6, 6.07) is 11.1. The van der Waals surface area contributed by atoms with Crippen LogP contribution in [-0.2, 0) is 11.2 Å². The molecule has 0 saturated heterocycles. The number of carbonyl (C=O) groups excluding carboxylic acids is 1. The van der Waals surface area contributed by atoms with Crippen molar-refractivity contribution in [2.45, 2.75) is 6.42 Å². The van der Waals surface area contributed by atoms with E-state index in [9.17, 15) is 14.9 Å². The van der Waals surface area contributed by atoms with Gasteiger partial charge in [-0.3, -0.25) is 14.9 Å². The van der Waals surface area contributed by atoms with Crippen LogP contribution in [0.25, 0.3) is 0 Å². The molecule has 0 saturated carbocycles. The normalized spacial score (nSPS) is 10.2. The Morgan fingerprint density at radius 3 is 2.52 bits per heavy atom. The van der Waals surface area contributed by atoms with Crippen LogP contribution in [0, 0.1) is 10.1 Å². The van der Waals surface area contributed by atoms with E-state index in [1.807, 2.05) is 0 Å². The van der Waals surface area contributed by atoms with Crippen LogP contribution in [0.2, 0.25) is 10.0 Å². The molecule has 0 unspecified atom stereocenters. The SMILES string of the molecule is O=C(Cc1ccccc1Cl)Nc1ccc(Cl)c([N+](=O)[O-])c1. The van der Waals surface area contributed by atoms with Gasteiger partial charge in [-0.25, -0.2) is 0 Å². The molecule has 1 amide bonds. The van der Waals surface area contributed by atoms with Gasteiger partial charge in [-0.1, -0.05) is 41.4 Å². The van der Waals surface area contributed by atoms with Gasteiger partial charge in [0.15, 0.2) is 0 Å². The molecule has 0 spiro atoms. The van der Waals surface area contributed by atoms with Gasteiger partial charge in [-0.15, -0.1) is 0 Å². The number of carbonyl (C=O) groups is 1. The van der Waals surface area contributed by atoms with Crippen LogP contribution < -0.4 is 5.32 Å². The van der Waals surface area contributed by atoms with E-state index in [1.165, 1.54) is 18.2 Å². The quantitative estimate of drug-likeness (QED) is 0.680. The van der Waals surface area contributed by atoms with Gasteiger partial charge < -0.3 is 5.32 Å². The van der Waals surface area contributed by atoms with Crippen LogP contribution in [0.1, 0.15) is 5.56 Å². The monoisotopic (exact) mass is 324 g/mol. The molecule has 7 heteroatoms. The maximum Gasteiger partial charge on any atom is 0.289 e. The maximum absolute atomic E-state index is 11.9. The summed E-state index contributed by atoms with van der Waals surface area (Å²) in [7, 11) is 0. The zero-order valence-electron chi connectivity index (χ0n) is 10.7. The largest absolute Gasteiger partial charge is 0.326 e. The van der Waals surface area contributed by atoms with Crippen molar-refractivity contribution in [1.82, 2.24) is 0 Å². The minimum Gasteiger partial charge on any atom is -0.326 e. The van der Waals surface area contributed by atoms with E-state index in [2.05, 4.69) is 5.32 Å². The first-order chi connectivity index (χ1) is 9.97. The number of rotatable bonds is 4. The number of nitrogens with zero attached hydrogens (tertiary/aromatic N) is 1. The van der Waals surface area contributed by atoms with Crippen LogP contribution >= 0.6 is 23.2 Å². The molecule has 0 aliphatic rings. The van der Waals surface area contributed by atoms with E-state index in [0.29, 0.717) is 16.3 Å². The van der Waals surface area contributed by atoms with Crippen molar-refractivity contribution in [2.24, 2.45) is 0 Å². The minimum absolute atomic E-state index is 0.0177. The van der Waals surface area contributed by atoms with Crippen LogP contribution in [0.3, 0.4) is 0 Å². The summed E-state index contributed by atoms with van der Waals surface area (Å²) in [5.41, 5.74) is 0.732. The minimum atomic E-state index is -0.605. The predicted octanol–water partition coefficient (Wildman–Crippen LogP) is 4.08. The number of halogens is 2. The van der Waals surface area contributed by atoms with E-state index < -0.39 is 4.92 Å². The third kappa shape index (κ3) is 3.93. The molecule has 0 atom stereocenters. The lowest BCUT2D eigenvalue weighted by Gasteiger charge is -2.07. The standard InChI is InChI=1S/C14H10Cl2N2O3/c15-11-4-2-1-3-9(11)7-14(19)17-10-5-6-12(16)13(8-10)18(20)21/h1-6,8H,7H2,(H,17,19). The summed E-state index contributed by atoms with van der Waals surface area (Å²) in [6.45, 7) is 0. The Bertz CT molecular complexity index is 704. The second-order valence-corrected chi connectivity index (χ2v) is 5.05. The molecule has 108 valence electrons. The number of benzene rings is 2. The highest BCUT2D eigenvalue weighted by Crippen LogP contribution is 2.27. The molecule has 0 heterocycles. The molecule has 2 rings (SSSR count). The molecule has 0 fully saturated rings. The molecule has 0 aromatic heterocycles. The molecule has 21 heavy (non-hydrogen) atoms. The first kappa shape index (κ1) is 15.3. The van der Waals surface area contributed by atoms with Gasteiger partial charge in [0.1, 0.15) is 5.02 Å². The number of nitrogens with one attached hydrogen (secondary N) is 1. The van der Waals surface area contributed by atoms with E-state index in [0.717, 1.165) is 0 Å². The molecular formula is C14H10Cl2N2O3. The van der Waals surface area contributed by atoms with E-state index in [4.69, 9.17) is 23.2 Å². The maximum atomic E-state index is 11.9. The number of amides is 1. The second kappa shape index (κ2) is 6.56. The number of nitro groups is 1. The Balaban J connectivity index is 2.12. The average Bonchev–Trinajstić information content (AvgIpc) is 2.43. The first-order valence-electron chi connectivity index (χ1n) is 5.94. The molecule has 0 aliphatic carbocycles. The van der Waals surface area contributed by atoms with Crippen molar-refractivity contribution in [1.29, 1.82) is 0 Å². The zero-order chi connectivity index (χ0) is 15.4. The summed E-state index contributed by atoms with van der Waals surface area (Å²) < 4.78 is 0. The van der Waals surface area contributed by atoms with E-state index in [-0.39, 0.29) is 23.0 Å². The Hall–Kier alpha value is -2.11.